The standard InChI is InChI=1S/C67H53N3O5.2Pd/c1-75-66(57(46-53-31-17-6-18-32-53)61(72)41-38-50-25-11-3-12-26-50)44-43-59-64(70-66)67(68-48-55-35-21-8-22-36-55,58(47-54-33-19-7-20-34-54)62(73)42-39-51-27-13-4-14-28-51)65(74)63(69-59)56(45-52-29-15-5-16-30-52)60(71)40-37-49-23-9-2-10-24-49;;/h2-47,68,70H,48H2,1H3;;. The normalized spacial score (nSPS) is 17.5. The molecule has 2 N–H and O–H groups in total. The molecule has 77 heavy (non-hydrogen) atoms. The topological polar surface area (TPSA) is 114 Å². The van der Waals surface area contributed by atoms with Gasteiger partial charge in [-0.3, -0.25) is 24.5 Å². The molecule has 2 atom stereocenters. The fourth-order valence-electron chi connectivity index (χ4n) is 8.94. The minimum Gasteiger partial charge on any atom is -0.351 e. The van der Waals surface area contributed by atoms with E-state index >= 15 is 9.59 Å². The Hall–Kier alpha value is -8.15. The van der Waals surface area contributed by atoms with Gasteiger partial charge in [0, 0.05) is 60.1 Å². The molecule has 0 aromatic heterocycles. The van der Waals surface area contributed by atoms with E-state index in [1.807, 2.05) is 212 Å². The molecule has 2 unspecified atom stereocenters. The van der Waals surface area contributed by atoms with E-state index in [9.17, 15) is 9.59 Å². The van der Waals surface area contributed by atoms with Gasteiger partial charge in [-0.05, 0) is 87.6 Å². The first-order valence-electron chi connectivity index (χ1n) is 24.6. The van der Waals surface area contributed by atoms with Crippen molar-refractivity contribution in [3.05, 3.63) is 310 Å². The molecule has 2 aliphatic rings. The molecular weight excluding hydrogens is 1140 g/mol. The van der Waals surface area contributed by atoms with E-state index in [1.165, 1.54) is 25.3 Å². The van der Waals surface area contributed by atoms with Crippen molar-refractivity contribution in [1.29, 1.82) is 0 Å². The van der Waals surface area contributed by atoms with Gasteiger partial charge in [-0.25, -0.2) is 4.99 Å². The average Bonchev–Trinajstić information content (AvgIpc) is 3.51. The molecule has 0 saturated heterocycles. The van der Waals surface area contributed by atoms with Gasteiger partial charge in [-0.2, -0.15) is 0 Å². The molecule has 2 heterocycles. The zero-order valence-corrected chi connectivity index (χ0v) is 45.0. The van der Waals surface area contributed by atoms with Crippen LogP contribution < -0.4 is 10.6 Å². The van der Waals surface area contributed by atoms with Crippen LogP contribution in [0.1, 0.15) is 38.9 Å². The van der Waals surface area contributed by atoms with E-state index in [-0.39, 0.29) is 81.2 Å². The molecule has 9 rings (SSSR count). The SMILES string of the molecule is COC1(C(=Cc2ccccc2)C(=O)C=Cc2ccccc2)C=CC2=C(N1)C(NCc1ccccc1)(C(=Cc1ccccc1)C(=O)C=Cc1ccccc1)C(=O)C(C(=Cc1ccccc1)C(=O)C=Cc1ccccc1)=N2.[Pd].[Pd]. The zero-order chi connectivity index (χ0) is 51.9. The van der Waals surface area contributed by atoms with Crippen molar-refractivity contribution < 1.29 is 64.8 Å². The zero-order valence-electron chi connectivity index (χ0n) is 41.9. The summed E-state index contributed by atoms with van der Waals surface area (Å²) in [6.45, 7) is 0.0505. The predicted octanol–water partition coefficient (Wildman–Crippen LogP) is 12.3. The van der Waals surface area contributed by atoms with E-state index in [1.54, 1.807) is 48.6 Å². The second-order valence-electron chi connectivity index (χ2n) is 17.8. The van der Waals surface area contributed by atoms with Crippen LogP contribution in [0.15, 0.2) is 276 Å². The Balaban J connectivity index is 0.00000431. The van der Waals surface area contributed by atoms with Crippen LogP contribution >= 0.6 is 0 Å². The van der Waals surface area contributed by atoms with Gasteiger partial charge >= 0.3 is 0 Å². The summed E-state index contributed by atoms with van der Waals surface area (Å²) in [7, 11) is 1.47. The van der Waals surface area contributed by atoms with Crippen LogP contribution in [0, 0.1) is 0 Å². The fraction of sp³-hybridized carbons (Fsp3) is 0.0597. The molecule has 7 aromatic carbocycles. The summed E-state index contributed by atoms with van der Waals surface area (Å²) < 4.78 is 6.52. The number of ketones is 4. The van der Waals surface area contributed by atoms with E-state index in [0.29, 0.717) is 16.7 Å². The molecule has 0 amide bonds. The van der Waals surface area contributed by atoms with Crippen LogP contribution in [0.3, 0.4) is 0 Å². The minimum atomic E-state index is -2.18. The van der Waals surface area contributed by atoms with Gasteiger partial charge in [0.1, 0.15) is 5.71 Å². The number of Topliss-reactive ketones (excluding diaryl/α,β-unsaturated/α-hetero) is 1. The summed E-state index contributed by atoms with van der Waals surface area (Å²) in [6, 6.07) is 65.7. The molecular formula is C67H53N3O5Pd2. The Labute approximate surface area is 477 Å². The number of ether oxygens (including phenoxy) is 1. The van der Waals surface area contributed by atoms with E-state index in [2.05, 4.69) is 10.6 Å². The summed E-state index contributed by atoms with van der Waals surface area (Å²) in [5.41, 5.74) is 1.43. The van der Waals surface area contributed by atoms with Crippen LogP contribution in [0.5, 0.6) is 0 Å². The van der Waals surface area contributed by atoms with Gasteiger partial charge in [0.2, 0.25) is 5.78 Å². The Morgan fingerprint density at radius 3 is 1.32 bits per heavy atom. The van der Waals surface area contributed by atoms with E-state index in [4.69, 9.17) is 9.73 Å². The summed E-state index contributed by atoms with van der Waals surface area (Å²) in [5.74, 6) is -2.12. The third-order valence-electron chi connectivity index (χ3n) is 12.8. The maximum Gasteiger partial charge on any atom is 0.212 e. The summed E-state index contributed by atoms with van der Waals surface area (Å²) in [4.78, 5) is 67.6. The predicted molar refractivity (Wildman–Crippen MR) is 302 cm³/mol. The molecule has 0 spiro atoms. The number of dihydropyridines is 1. The van der Waals surface area contributed by atoms with Crippen molar-refractivity contribution in [3.63, 3.8) is 0 Å². The Kier molecular flexibility index (Phi) is 19.9. The van der Waals surface area contributed by atoms with Crippen LogP contribution in [0.4, 0.5) is 0 Å². The number of aliphatic imine (C=N–C) groups is 1. The molecule has 0 bridgehead atoms. The van der Waals surface area contributed by atoms with Crippen molar-refractivity contribution in [2.75, 3.05) is 7.11 Å². The van der Waals surface area contributed by atoms with Crippen LogP contribution in [-0.4, -0.2) is 47.2 Å². The second-order valence-corrected chi connectivity index (χ2v) is 17.8. The van der Waals surface area contributed by atoms with E-state index in [0.717, 1.165) is 22.3 Å². The van der Waals surface area contributed by atoms with Gasteiger partial charge in [0.15, 0.2) is 28.6 Å². The molecule has 10 heteroatoms. The fourth-order valence-corrected chi connectivity index (χ4v) is 8.94. The summed E-state index contributed by atoms with van der Waals surface area (Å²) >= 11 is 0. The van der Waals surface area contributed by atoms with Gasteiger partial charge < -0.3 is 10.1 Å². The van der Waals surface area contributed by atoms with Crippen molar-refractivity contribution in [3.8, 4) is 0 Å². The van der Waals surface area contributed by atoms with Crippen LogP contribution in [-0.2, 0) is 71.3 Å². The van der Waals surface area contributed by atoms with Crippen LogP contribution in [0.25, 0.3) is 36.5 Å². The molecule has 7 aromatic rings. The second kappa shape index (κ2) is 27.1. The average molecular weight is 1190 g/mol. The van der Waals surface area contributed by atoms with Crippen molar-refractivity contribution >= 4 is 65.3 Å². The number of benzene rings is 7. The molecule has 2 aliphatic heterocycles. The molecule has 0 aliphatic carbocycles. The largest absolute Gasteiger partial charge is 0.351 e. The summed E-state index contributed by atoms with van der Waals surface area (Å²) in [5, 5.41) is 7.21. The number of methoxy groups -OCH3 is 1. The Bertz CT molecular complexity index is 3480. The number of carbonyl (C=O) groups excluding carboxylic acids is 4. The monoisotopic (exact) mass is 1190 g/mol. The molecule has 386 valence electrons. The van der Waals surface area contributed by atoms with Gasteiger partial charge in [-0.1, -0.05) is 231 Å². The number of rotatable bonds is 19. The first-order valence-corrected chi connectivity index (χ1v) is 24.6. The number of hydrogen-bond acceptors (Lipinski definition) is 8. The van der Waals surface area contributed by atoms with Gasteiger partial charge in [-0.15, -0.1) is 0 Å². The number of allylic oxidation sites excluding steroid dienone is 5. The quantitative estimate of drug-likeness (QED) is 0.0612. The third-order valence-corrected chi connectivity index (χ3v) is 12.8. The third kappa shape index (κ3) is 13.6. The maximum absolute atomic E-state index is 16.8. The number of hydrogen-bond donors (Lipinski definition) is 2. The van der Waals surface area contributed by atoms with E-state index < -0.39 is 34.4 Å². The Morgan fingerprint density at radius 2 is 0.883 bits per heavy atom. The van der Waals surface area contributed by atoms with Crippen molar-refractivity contribution in [1.82, 2.24) is 10.6 Å². The summed E-state index contributed by atoms with van der Waals surface area (Å²) in [6.07, 6.45) is 18.0. The molecule has 8 nitrogen and oxygen atoms in total. The van der Waals surface area contributed by atoms with Gasteiger partial charge in [0.25, 0.3) is 0 Å². The number of nitrogens with one attached hydrogen (secondary N) is 2. The molecule has 0 saturated carbocycles. The Morgan fingerprint density at radius 1 is 0.506 bits per heavy atom. The first-order chi connectivity index (χ1) is 36.7. The molecule has 0 fully saturated rings. The number of carbonyl (C=O) groups is 4. The van der Waals surface area contributed by atoms with Crippen molar-refractivity contribution in [2.24, 2.45) is 4.99 Å². The van der Waals surface area contributed by atoms with Crippen LogP contribution in [0.2, 0.25) is 0 Å². The smallest absolute Gasteiger partial charge is 0.212 e. The first kappa shape index (κ1) is 56.6. The van der Waals surface area contributed by atoms with Crippen molar-refractivity contribution in [2.45, 2.75) is 17.8 Å². The minimum absolute atomic E-state index is 0. The maximum atomic E-state index is 16.8. The molecule has 0 radical (unpaired) electrons. The number of nitrogens with zero attached hydrogens (tertiary/aromatic N) is 1. The van der Waals surface area contributed by atoms with Gasteiger partial charge in [0.05, 0.1) is 22.5 Å².